The molecular formula is C16H18N4O3. The summed E-state index contributed by atoms with van der Waals surface area (Å²) in [5, 5.41) is 8.90. The first-order valence-corrected chi connectivity index (χ1v) is 7.87. The maximum absolute atomic E-state index is 12.8. The van der Waals surface area contributed by atoms with Gasteiger partial charge in [0.15, 0.2) is 0 Å². The number of imide groups is 1. The van der Waals surface area contributed by atoms with E-state index >= 15 is 0 Å². The Kier molecular flexibility index (Phi) is 3.30. The molecule has 1 unspecified atom stereocenters. The van der Waals surface area contributed by atoms with E-state index < -0.39 is 6.04 Å². The minimum atomic E-state index is -0.564. The van der Waals surface area contributed by atoms with E-state index in [1.165, 1.54) is 0 Å². The third-order valence-electron chi connectivity index (χ3n) is 4.69. The predicted molar refractivity (Wildman–Crippen MR) is 82.8 cm³/mol. The number of fused-ring (bicyclic) bond motifs is 1. The Morgan fingerprint density at radius 2 is 2.00 bits per heavy atom. The Bertz CT molecular complexity index is 699. The van der Waals surface area contributed by atoms with Crippen molar-refractivity contribution < 1.29 is 14.4 Å². The van der Waals surface area contributed by atoms with Crippen LogP contribution in [0.4, 0.5) is 5.69 Å². The van der Waals surface area contributed by atoms with Gasteiger partial charge in [0, 0.05) is 31.7 Å². The molecule has 1 aromatic carbocycles. The molecule has 3 N–H and O–H groups in total. The summed E-state index contributed by atoms with van der Waals surface area (Å²) < 4.78 is 0. The van der Waals surface area contributed by atoms with Crippen LogP contribution >= 0.6 is 0 Å². The van der Waals surface area contributed by atoms with Gasteiger partial charge in [0.25, 0.3) is 5.91 Å². The molecule has 0 aliphatic carbocycles. The van der Waals surface area contributed by atoms with Gasteiger partial charge >= 0.3 is 0 Å². The summed E-state index contributed by atoms with van der Waals surface area (Å²) in [5.74, 6) is -0.778. The van der Waals surface area contributed by atoms with Crippen molar-refractivity contribution in [2.75, 3.05) is 18.4 Å². The normalized spacial score (nSPS) is 24.3. The van der Waals surface area contributed by atoms with Crippen LogP contribution in [0.2, 0.25) is 0 Å². The average Bonchev–Trinajstić information content (AvgIpc) is 2.81. The van der Waals surface area contributed by atoms with Crippen molar-refractivity contribution in [3.8, 4) is 0 Å². The van der Waals surface area contributed by atoms with E-state index in [1.807, 2.05) is 18.2 Å². The zero-order chi connectivity index (χ0) is 16.0. The van der Waals surface area contributed by atoms with Gasteiger partial charge in [0.05, 0.1) is 11.6 Å². The highest BCUT2D eigenvalue weighted by atomic mass is 16.2. The Morgan fingerprint density at radius 1 is 1.17 bits per heavy atom. The first-order valence-electron chi connectivity index (χ1n) is 7.87. The number of hydrogen-bond donors (Lipinski definition) is 3. The molecule has 0 saturated carbocycles. The molecular weight excluding hydrogens is 296 g/mol. The van der Waals surface area contributed by atoms with E-state index in [2.05, 4.69) is 16.0 Å². The van der Waals surface area contributed by atoms with Crippen molar-refractivity contribution in [3.05, 3.63) is 29.3 Å². The molecule has 0 radical (unpaired) electrons. The third-order valence-corrected chi connectivity index (χ3v) is 4.69. The highest BCUT2D eigenvalue weighted by Crippen LogP contribution is 2.32. The second-order valence-corrected chi connectivity index (χ2v) is 6.24. The first-order chi connectivity index (χ1) is 11.1. The van der Waals surface area contributed by atoms with Crippen LogP contribution in [0.5, 0.6) is 0 Å². The molecule has 3 amide bonds. The number of rotatable bonds is 3. The quantitative estimate of drug-likeness (QED) is 0.674. The van der Waals surface area contributed by atoms with Gasteiger partial charge in [0.1, 0.15) is 6.04 Å². The number of nitrogens with one attached hydrogen (secondary N) is 3. The van der Waals surface area contributed by atoms with Crippen molar-refractivity contribution in [1.29, 1.82) is 0 Å². The standard InChI is InChI=1S/C16H18N4O3/c21-13-5-4-12(15(22)19-13)20-8-9-2-1-3-11(14(9)16(20)23)18-10-6-17-7-10/h1-3,10,12,17-18H,4-8H2,(H,19,21,22). The number of carbonyl (C=O) groups is 3. The lowest BCUT2D eigenvalue weighted by Crippen LogP contribution is -2.52. The molecule has 2 saturated heterocycles. The molecule has 3 aliphatic rings. The van der Waals surface area contributed by atoms with Gasteiger partial charge in [-0.2, -0.15) is 0 Å². The summed E-state index contributed by atoms with van der Waals surface area (Å²) in [6, 6.07) is 5.52. The fraction of sp³-hybridized carbons (Fsp3) is 0.438. The zero-order valence-corrected chi connectivity index (χ0v) is 12.6. The maximum Gasteiger partial charge on any atom is 0.257 e. The van der Waals surface area contributed by atoms with Crippen molar-refractivity contribution in [2.24, 2.45) is 0 Å². The zero-order valence-electron chi connectivity index (χ0n) is 12.6. The molecule has 1 atom stereocenters. The summed E-state index contributed by atoms with van der Waals surface area (Å²) in [4.78, 5) is 37.8. The Labute approximate surface area is 133 Å². The van der Waals surface area contributed by atoms with Crippen molar-refractivity contribution in [3.63, 3.8) is 0 Å². The van der Waals surface area contributed by atoms with Gasteiger partial charge in [-0.3, -0.25) is 19.7 Å². The summed E-state index contributed by atoms with van der Waals surface area (Å²) in [6.45, 7) is 2.18. The summed E-state index contributed by atoms with van der Waals surface area (Å²) >= 11 is 0. The molecule has 3 heterocycles. The number of hydrogen-bond acceptors (Lipinski definition) is 5. The van der Waals surface area contributed by atoms with Gasteiger partial charge in [-0.1, -0.05) is 12.1 Å². The number of benzene rings is 1. The van der Waals surface area contributed by atoms with Crippen LogP contribution in [-0.4, -0.2) is 47.8 Å². The van der Waals surface area contributed by atoms with Crippen LogP contribution in [0.1, 0.15) is 28.8 Å². The minimum absolute atomic E-state index is 0.134. The van der Waals surface area contributed by atoms with Crippen LogP contribution < -0.4 is 16.0 Å². The van der Waals surface area contributed by atoms with Crippen LogP contribution in [0, 0.1) is 0 Å². The molecule has 23 heavy (non-hydrogen) atoms. The molecule has 0 bridgehead atoms. The number of amides is 3. The second-order valence-electron chi connectivity index (χ2n) is 6.24. The largest absolute Gasteiger partial charge is 0.379 e. The molecule has 1 aromatic rings. The summed E-state index contributed by atoms with van der Waals surface area (Å²) in [6.07, 6.45) is 0.662. The summed E-state index contributed by atoms with van der Waals surface area (Å²) in [7, 11) is 0. The lowest BCUT2D eigenvalue weighted by atomic mass is 10.0. The van der Waals surface area contributed by atoms with E-state index in [1.54, 1.807) is 4.90 Å². The lowest BCUT2D eigenvalue weighted by molar-refractivity contribution is -0.136. The fourth-order valence-electron chi connectivity index (χ4n) is 3.35. The smallest absolute Gasteiger partial charge is 0.257 e. The number of anilines is 1. The number of carbonyl (C=O) groups excluding carboxylic acids is 3. The number of nitrogens with zero attached hydrogens (tertiary/aromatic N) is 1. The molecule has 2 fully saturated rings. The van der Waals surface area contributed by atoms with Gasteiger partial charge < -0.3 is 15.5 Å². The Morgan fingerprint density at radius 3 is 2.70 bits per heavy atom. The fourth-order valence-corrected chi connectivity index (χ4v) is 3.35. The van der Waals surface area contributed by atoms with Crippen molar-refractivity contribution >= 4 is 23.4 Å². The van der Waals surface area contributed by atoms with Crippen LogP contribution in [0.15, 0.2) is 18.2 Å². The van der Waals surface area contributed by atoms with Gasteiger partial charge in [-0.15, -0.1) is 0 Å². The number of piperidine rings is 1. The summed E-state index contributed by atoms with van der Waals surface area (Å²) in [5.41, 5.74) is 2.41. The SMILES string of the molecule is O=C1CCC(N2Cc3cccc(NC4CNC4)c3C2=O)C(=O)N1. The van der Waals surface area contributed by atoms with E-state index in [0.717, 1.165) is 24.3 Å². The van der Waals surface area contributed by atoms with E-state index in [9.17, 15) is 14.4 Å². The van der Waals surface area contributed by atoms with E-state index in [0.29, 0.717) is 24.6 Å². The van der Waals surface area contributed by atoms with Gasteiger partial charge in [-0.25, -0.2) is 0 Å². The lowest BCUT2D eigenvalue weighted by Gasteiger charge is -2.30. The third kappa shape index (κ3) is 2.37. The Balaban J connectivity index is 1.59. The molecule has 7 heteroatoms. The van der Waals surface area contributed by atoms with Crippen molar-refractivity contribution in [2.45, 2.75) is 31.5 Å². The molecule has 120 valence electrons. The van der Waals surface area contributed by atoms with Crippen LogP contribution in [0.3, 0.4) is 0 Å². The first kappa shape index (κ1) is 14.2. The van der Waals surface area contributed by atoms with Gasteiger partial charge in [-0.05, 0) is 18.1 Å². The second kappa shape index (κ2) is 5.34. The molecule has 0 aromatic heterocycles. The average molecular weight is 314 g/mol. The predicted octanol–water partition coefficient (Wildman–Crippen LogP) is -0.169. The molecule has 0 spiro atoms. The Hall–Kier alpha value is -2.41. The topological polar surface area (TPSA) is 90.5 Å². The van der Waals surface area contributed by atoms with E-state index in [4.69, 9.17) is 0 Å². The highest BCUT2D eigenvalue weighted by Gasteiger charge is 2.40. The molecule has 4 rings (SSSR count). The highest BCUT2D eigenvalue weighted by molar-refractivity contribution is 6.07. The maximum atomic E-state index is 12.8. The minimum Gasteiger partial charge on any atom is -0.379 e. The monoisotopic (exact) mass is 314 g/mol. The van der Waals surface area contributed by atoms with Crippen LogP contribution in [0.25, 0.3) is 0 Å². The van der Waals surface area contributed by atoms with Gasteiger partial charge in [0.2, 0.25) is 11.8 Å². The van der Waals surface area contributed by atoms with E-state index in [-0.39, 0.29) is 24.1 Å². The molecule has 3 aliphatic heterocycles. The molecule has 7 nitrogen and oxygen atoms in total. The van der Waals surface area contributed by atoms with Crippen LogP contribution in [-0.2, 0) is 16.1 Å². The van der Waals surface area contributed by atoms with Crippen molar-refractivity contribution in [1.82, 2.24) is 15.5 Å².